The van der Waals surface area contributed by atoms with Gasteiger partial charge in [0.25, 0.3) is 0 Å². The summed E-state index contributed by atoms with van der Waals surface area (Å²) in [4.78, 5) is 13.1. The maximum atomic E-state index is 11.6. The molecule has 17 heavy (non-hydrogen) atoms. The van der Waals surface area contributed by atoms with Gasteiger partial charge in [0.05, 0.1) is 19.6 Å². The number of carbonyl (C=O) groups excluding carboxylic acids is 1. The van der Waals surface area contributed by atoms with Crippen LogP contribution in [0.25, 0.3) is 0 Å². The first-order valence-electron chi connectivity index (χ1n) is 5.71. The quantitative estimate of drug-likeness (QED) is 0.848. The van der Waals surface area contributed by atoms with Crippen molar-refractivity contribution in [1.29, 1.82) is 0 Å². The van der Waals surface area contributed by atoms with Crippen LogP contribution in [0.4, 0.5) is 5.69 Å². The minimum Gasteiger partial charge on any atom is -0.494 e. The van der Waals surface area contributed by atoms with Crippen molar-refractivity contribution in [3.63, 3.8) is 0 Å². The molecule has 1 aromatic rings. The number of aliphatic hydroxyl groups is 1. The second-order valence-corrected chi connectivity index (χ2v) is 3.81. The molecule has 4 nitrogen and oxygen atoms in total. The zero-order valence-corrected chi connectivity index (χ0v) is 10.6. The van der Waals surface area contributed by atoms with E-state index in [2.05, 4.69) is 0 Å². The first kappa shape index (κ1) is 13.5. The Morgan fingerprint density at radius 1 is 1.47 bits per heavy atom. The summed E-state index contributed by atoms with van der Waals surface area (Å²) in [6.07, 6.45) is 0.142. The van der Waals surface area contributed by atoms with Crippen molar-refractivity contribution in [2.75, 3.05) is 25.2 Å². The van der Waals surface area contributed by atoms with Crippen LogP contribution in [0.15, 0.2) is 18.2 Å². The Balaban J connectivity index is 2.85. The molecule has 0 fully saturated rings. The Kier molecular flexibility index (Phi) is 4.97. The number of anilines is 1. The number of carbonyl (C=O) groups is 1. The average molecular weight is 237 g/mol. The van der Waals surface area contributed by atoms with Crippen molar-refractivity contribution >= 4 is 11.6 Å². The molecule has 4 heteroatoms. The molecule has 1 aromatic carbocycles. The summed E-state index contributed by atoms with van der Waals surface area (Å²) >= 11 is 0. The number of amides is 1. The van der Waals surface area contributed by atoms with Crippen molar-refractivity contribution in [3.05, 3.63) is 23.8 Å². The summed E-state index contributed by atoms with van der Waals surface area (Å²) in [5.74, 6) is 0.732. The summed E-state index contributed by atoms with van der Waals surface area (Å²) in [5, 5.41) is 8.73. The summed E-state index contributed by atoms with van der Waals surface area (Å²) in [5.41, 5.74) is 1.80. The maximum absolute atomic E-state index is 11.6. The number of benzene rings is 1. The lowest BCUT2D eigenvalue weighted by Crippen LogP contribution is -2.26. The summed E-state index contributed by atoms with van der Waals surface area (Å²) in [7, 11) is 1.70. The number of rotatable bonds is 5. The first-order chi connectivity index (χ1) is 8.10. The van der Waals surface area contributed by atoms with E-state index in [1.54, 1.807) is 11.9 Å². The normalized spacial score (nSPS) is 10.1. The van der Waals surface area contributed by atoms with Gasteiger partial charge in [-0.3, -0.25) is 4.79 Å². The van der Waals surface area contributed by atoms with Gasteiger partial charge < -0.3 is 14.7 Å². The zero-order valence-electron chi connectivity index (χ0n) is 10.6. The van der Waals surface area contributed by atoms with Crippen LogP contribution in [0.1, 0.15) is 18.9 Å². The minimum atomic E-state index is -0.126. The van der Waals surface area contributed by atoms with Gasteiger partial charge in [0.15, 0.2) is 0 Å². The molecular weight excluding hydrogens is 218 g/mol. The van der Waals surface area contributed by atoms with Crippen molar-refractivity contribution in [2.45, 2.75) is 20.3 Å². The van der Waals surface area contributed by atoms with Gasteiger partial charge in [-0.05, 0) is 37.6 Å². The number of ether oxygens (including phenoxy) is 1. The highest BCUT2D eigenvalue weighted by Gasteiger charge is 2.11. The third kappa shape index (κ3) is 3.46. The van der Waals surface area contributed by atoms with Crippen LogP contribution in [-0.4, -0.2) is 31.3 Å². The molecular formula is C13H19NO3. The van der Waals surface area contributed by atoms with E-state index >= 15 is 0 Å². The molecule has 0 aliphatic heterocycles. The smallest absolute Gasteiger partial charge is 0.229 e. The highest BCUT2D eigenvalue weighted by molar-refractivity contribution is 5.93. The predicted octanol–water partition coefficient (Wildman–Crippen LogP) is 1.74. The van der Waals surface area contributed by atoms with E-state index in [-0.39, 0.29) is 18.9 Å². The highest BCUT2D eigenvalue weighted by atomic mass is 16.5. The van der Waals surface area contributed by atoms with Crippen LogP contribution < -0.4 is 9.64 Å². The van der Waals surface area contributed by atoms with Gasteiger partial charge in [0.1, 0.15) is 5.75 Å². The Morgan fingerprint density at radius 2 is 2.18 bits per heavy atom. The lowest BCUT2D eigenvalue weighted by molar-refractivity contribution is -0.118. The van der Waals surface area contributed by atoms with Crippen molar-refractivity contribution in [3.8, 4) is 5.75 Å². The molecule has 0 saturated heterocycles. The van der Waals surface area contributed by atoms with E-state index in [0.717, 1.165) is 17.0 Å². The number of aryl methyl sites for hydroxylation is 1. The summed E-state index contributed by atoms with van der Waals surface area (Å²) < 4.78 is 5.44. The fourth-order valence-corrected chi connectivity index (χ4v) is 1.57. The Bertz CT molecular complexity index is 390. The largest absolute Gasteiger partial charge is 0.494 e. The van der Waals surface area contributed by atoms with E-state index in [1.807, 2.05) is 32.0 Å². The molecule has 0 unspecified atom stereocenters. The zero-order chi connectivity index (χ0) is 12.8. The molecule has 0 saturated carbocycles. The minimum absolute atomic E-state index is 0.101. The molecule has 0 aliphatic rings. The molecule has 1 amide bonds. The van der Waals surface area contributed by atoms with Crippen LogP contribution in [0.3, 0.4) is 0 Å². The van der Waals surface area contributed by atoms with E-state index in [9.17, 15) is 4.79 Å². The number of aliphatic hydroxyl groups excluding tert-OH is 1. The molecule has 0 radical (unpaired) electrons. The second kappa shape index (κ2) is 6.25. The van der Waals surface area contributed by atoms with Gasteiger partial charge in [-0.25, -0.2) is 0 Å². The molecule has 94 valence electrons. The van der Waals surface area contributed by atoms with Gasteiger partial charge >= 0.3 is 0 Å². The van der Waals surface area contributed by atoms with Crippen LogP contribution in [0, 0.1) is 6.92 Å². The van der Waals surface area contributed by atoms with Crippen molar-refractivity contribution in [2.24, 2.45) is 0 Å². The van der Waals surface area contributed by atoms with E-state index < -0.39 is 0 Å². The molecule has 0 bridgehead atoms. The highest BCUT2D eigenvalue weighted by Crippen LogP contribution is 2.24. The number of hydrogen-bond donors (Lipinski definition) is 1. The Hall–Kier alpha value is -1.55. The van der Waals surface area contributed by atoms with E-state index in [1.165, 1.54) is 0 Å². The fraction of sp³-hybridized carbons (Fsp3) is 0.462. The van der Waals surface area contributed by atoms with E-state index in [4.69, 9.17) is 9.84 Å². The van der Waals surface area contributed by atoms with Crippen molar-refractivity contribution < 1.29 is 14.6 Å². The van der Waals surface area contributed by atoms with Crippen LogP contribution in [0.5, 0.6) is 5.75 Å². The van der Waals surface area contributed by atoms with Crippen molar-refractivity contribution in [1.82, 2.24) is 0 Å². The molecule has 0 aromatic heterocycles. The lowest BCUT2D eigenvalue weighted by atomic mass is 10.2. The van der Waals surface area contributed by atoms with Crippen LogP contribution in [0.2, 0.25) is 0 Å². The predicted molar refractivity (Wildman–Crippen MR) is 67.5 cm³/mol. The van der Waals surface area contributed by atoms with Gasteiger partial charge in [-0.1, -0.05) is 0 Å². The standard InChI is InChI=1S/C13H19NO3/c1-4-17-12-6-5-11(9-10(12)2)14(3)13(16)7-8-15/h5-6,9,15H,4,7-8H2,1-3H3. The molecule has 1 rings (SSSR count). The second-order valence-electron chi connectivity index (χ2n) is 3.81. The third-order valence-electron chi connectivity index (χ3n) is 2.55. The molecule has 0 spiro atoms. The van der Waals surface area contributed by atoms with Crippen LogP contribution in [-0.2, 0) is 4.79 Å². The molecule has 0 heterocycles. The number of nitrogens with zero attached hydrogens (tertiary/aromatic N) is 1. The SMILES string of the molecule is CCOc1ccc(N(C)C(=O)CCO)cc1C. The Labute approximate surface area is 102 Å². The van der Waals surface area contributed by atoms with Gasteiger partial charge in [-0.2, -0.15) is 0 Å². The lowest BCUT2D eigenvalue weighted by Gasteiger charge is -2.18. The summed E-state index contributed by atoms with van der Waals surface area (Å²) in [6, 6.07) is 5.60. The summed E-state index contributed by atoms with van der Waals surface area (Å²) in [6.45, 7) is 4.38. The first-order valence-corrected chi connectivity index (χ1v) is 5.71. The molecule has 0 atom stereocenters. The third-order valence-corrected chi connectivity index (χ3v) is 2.55. The Morgan fingerprint density at radius 3 is 2.71 bits per heavy atom. The number of hydrogen-bond acceptors (Lipinski definition) is 3. The van der Waals surface area contributed by atoms with Gasteiger partial charge in [-0.15, -0.1) is 0 Å². The topological polar surface area (TPSA) is 49.8 Å². The molecule has 1 N–H and O–H groups in total. The maximum Gasteiger partial charge on any atom is 0.229 e. The van der Waals surface area contributed by atoms with Gasteiger partial charge in [0, 0.05) is 12.7 Å². The monoisotopic (exact) mass is 237 g/mol. The fourth-order valence-electron chi connectivity index (χ4n) is 1.57. The van der Waals surface area contributed by atoms with Gasteiger partial charge in [0.2, 0.25) is 5.91 Å². The average Bonchev–Trinajstić information content (AvgIpc) is 2.31. The molecule has 0 aliphatic carbocycles. The van der Waals surface area contributed by atoms with E-state index in [0.29, 0.717) is 6.61 Å². The van der Waals surface area contributed by atoms with Crippen LogP contribution >= 0.6 is 0 Å².